The van der Waals surface area contributed by atoms with Gasteiger partial charge in [0, 0.05) is 6.42 Å². The second-order valence-corrected chi connectivity index (χ2v) is 15.6. The van der Waals surface area contributed by atoms with Gasteiger partial charge in [-0.25, -0.2) is 4.79 Å². The zero-order valence-corrected chi connectivity index (χ0v) is 31.5. The van der Waals surface area contributed by atoms with Crippen LogP contribution in [0.15, 0.2) is 60.7 Å². The first kappa shape index (κ1) is 41.2. The van der Waals surface area contributed by atoms with Crippen LogP contribution in [-0.4, -0.2) is 71.6 Å². The molecule has 11 nitrogen and oxygen atoms in total. The number of carbonyl (C=O) groups is 5. The smallest absolute Gasteiger partial charge is 0.408 e. The van der Waals surface area contributed by atoms with Gasteiger partial charge in [0.05, 0.1) is 12.6 Å². The number of benzene rings is 2. The molecule has 4 unspecified atom stereocenters. The van der Waals surface area contributed by atoms with E-state index >= 15 is 0 Å². The summed E-state index contributed by atoms with van der Waals surface area (Å²) < 4.78 is 10.9. The van der Waals surface area contributed by atoms with E-state index < -0.39 is 59.2 Å². The van der Waals surface area contributed by atoms with Crippen molar-refractivity contribution in [2.45, 2.75) is 129 Å². The lowest BCUT2D eigenvalue weighted by Crippen LogP contribution is -2.59. The predicted molar refractivity (Wildman–Crippen MR) is 197 cm³/mol. The Morgan fingerprint density at radius 1 is 0.686 bits per heavy atom. The van der Waals surface area contributed by atoms with Crippen molar-refractivity contribution in [2.75, 3.05) is 6.61 Å². The Balaban J connectivity index is 1.83. The van der Waals surface area contributed by atoms with E-state index in [1.54, 1.807) is 27.7 Å². The first-order valence-electron chi connectivity index (χ1n) is 18.1. The van der Waals surface area contributed by atoms with Gasteiger partial charge in [0.25, 0.3) is 0 Å². The van der Waals surface area contributed by atoms with Crippen molar-refractivity contribution in [3.05, 3.63) is 71.8 Å². The van der Waals surface area contributed by atoms with Crippen LogP contribution < -0.4 is 21.3 Å². The third-order valence-electron chi connectivity index (χ3n) is 8.59. The number of carbonyl (C=O) groups excluding carboxylic acids is 5. The molecule has 1 saturated heterocycles. The van der Waals surface area contributed by atoms with Gasteiger partial charge in [0.15, 0.2) is 5.78 Å². The van der Waals surface area contributed by atoms with E-state index in [0.29, 0.717) is 31.8 Å². The third-order valence-corrected chi connectivity index (χ3v) is 8.59. The summed E-state index contributed by atoms with van der Waals surface area (Å²) in [6.45, 7) is 15.2. The van der Waals surface area contributed by atoms with E-state index in [4.69, 9.17) is 9.47 Å². The maximum absolute atomic E-state index is 14.0. The Kier molecular flexibility index (Phi) is 15.2. The number of amides is 4. The monoisotopic (exact) mass is 706 g/mol. The molecule has 1 aliphatic rings. The van der Waals surface area contributed by atoms with Crippen LogP contribution in [0.4, 0.5) is 4.79 Å². The third kappa shape index (κ3) is 14.5. The van der Waals surface area contributed by atoms with Gasteiger partial charge in [-0.05, 0) is 82.8 Å². The highest BCUT2D eigenvalue weighted by molar-refractivity contribution is 5.98. The van der Waals surface area contributed by atoms with Crippen molar-refractivity contribution in [3.8, 4) is 0 Å². The first-order valence-corrected chi connectivity index (χ1v) is 18.1. The van der Waals surface area contributed by atoms with E-state index in [-0.39, 0.29) is 31.0 Å². The minimum absolute atomic E-state index is 0.00125. The van der Waals surface area contributed by atoms with Crippen molar-refractivity contribution in [3.63, 3.8) is 0 Å². The number of hydrogen-bond acceptors (Lipinski definition) is 7. The number of ether oxygens (including phenoxy) is 2. The van der Waals surface area contributed by atoms with Gasteiger partial charge in [-0.1, -0.05) is 88.4 Å². The lowest BCUT2D eigenvalue weighted by atomic mass is 9.93. The zero-order chi connectivity index (χ0) is 37.8. The Labute approximate surface area is 303 Å². The number of Topliss-reactive ketones (excluding diaryl/α,β-unsaturated/α-hetero) is 1. The number of rotatable bonds is 19. The normalized spacial score (nSPS) is 17.8. The summed E-state index contributed by atoms with van der Waals surface area (Å²) in [6.07, 6.45) is 1.61. The molecule has 0 spiro atoms. The highest BCUT2D eigenvalue weighted by Crippen LogP contribution is 2.29. The largest absolute Gasteiger partial charge is 0.444 e. The van der Waals surface area contributed by atoms with Crippen LogP contribution in [0.1, 0.15) is 92.2 Å². The standard InChI is InChI=1S/C40H58N4O7/c1-26(2)19-21-30(34(45)40(8)25-50-40)41-37(48)33(24-29-17-13-10-14-18-29)43-36(47)32(23-27(3)4)42-35(46)31(44-38(49)51-39(5,6)7)22-20-28-15-11-9-12-16-28/h9-18,26-27,30-33H,19-25H2,1-8H3,(H,41,48)(H,42,46)(H,43,47)(H,44,49)/t30?,31-,32?,33?,40?/m0/s1. The van der Waals surface area contributed by atoms with E-state index in [0.717, 1.165) is 11.1 Å². The number of epoxide rings is 1. The van der Waals surface area contributed by atoms with E-state index in [2.05, 4.69) is 35.1 Å². The van der Waals surface area contributed by atoms with Crippen LogP contribution in [0.2, 0.25) is 0 Å². The molecule has 1 aliphatic heterocycles. The van der Waals surface area contributed by atoms with Gasteiger partial charge in [-0.15, -0.1) is 0 Å². The molecule has 11 heteroatoms. The SMILES string of the molecule is CC(C)CCC(NC(=O)C(Cc1ccccc1)NC(=O)C(CC(C)C)NC(=O)[C@H](CCc1ccccc1)NC(=O)OC(C)(C)C)C(=O)C1(C)CO1. The van der Waals surface area contributed by atoms with Crippen LogP contribution in [0.5, 0.6) is 0 Å². The molecule has 4 amide bonds. The highest BCUT2D eigenvalue weighted by Gasteiger charge is 2.50. The predicted octanol–water partition coefficient (Wildman–Crippen LogP) is 5.05. The van der Waals surface area contributed by atoms with Gasteiger partial charge in [-0.2, -0.15) is 0 Å². The fourth-order valence-electron chi connectivity index (χ4n) is 5.64. The molecular formula is C40H58N4O7. The van der Waals surface area contributed by atoms with Crippen molar-refractivity contribution in [2.24, 2.45) is 11.8 Å². The summed E-state index contributed by atoms with van der Waals surface area (Å²) in [6, 6.07) is 15.0. The van der Waals surface area contributed by atoms with E-state index in [9.17, 15) is 24.0 Å². The molecule has 280 valence electrons. The van der Waals surface area contributed by atoms with Gasteiger partial charge in [-0.3, -0.25) is 19.2 Å². The molecular weight excluding hydrogens is 648 g/mol. The summed E-state index contributed by atoms with van der Waals surface area (Å²) in [7, 11) is 0. The number of aryl methyl sites for hydroxylation is 1. The number of hydrogen-bond donors (Lipinski definition) is 4. The van der Waals surface area contributed by atoms with Gasteiger partial charge in [0.2, 0.25) is 17.7 Å². The molecule has 1 heterocycles. The molecule has 4 N–H and O–H groups in total. The Hall–Kier alpha value is -4.25. The fourth-order valence-corrected chi connectivity index (χ4v) is 5.64. The molecule has 0 radical (unpaired) electrons. The quantitative estimate of drug-likeness (QED) is 0.149. The molecule has 3 rings (SSSR count). The van der Waals surface area contributed by atoms with Crippen LogP contribution >= 0.6 is 0 Å². The molecule has 2 aromatic carbocycles. The maximum Gasteiger partial charge on any atom is 0.408 e. The first-order chi connectivity index (χ1) is 24.0. The summed E-state index contributed by atoms with van der Waals surface area (Å²) >= 11 is 0. The lowest BCUT2D eigenvalue weighted by molar-refractivity contribution is -0.134. The Morgan fingerprint density at radius 3 is 1.73 bits per heavy atom. The molecule has 1 fully saturated rings. The second kappa shape index (κ2) is 18.8. The molecule has 0 aliphatic carbocycles. The summed E-state index contributed by atoms with van der Waals surface area (Å²) in [4.78, 5) is 68.0. The molecule has 2 aromatic rings. The van der Waals surface area contributed by atoms with Crippen LogP contribution in [0.25, 0.3) is 0 Å². The molecule has 51 heavy (non-hydrogen) atoms. The molecule has 0 bridgehead atoms. The van der Waals surface area contributed by atoms with E-state index in [1.165, 1.54) is 0 Å². The average Bonchev–Trinajstić information content (AvgIpc) is 3.81. The number of nitrogens with one attached hydrogen (secondary N) is 4. The molecule has 0 saturated carbocycles. The topological polar surface area (TPSA) is 155 Å². The molecule has 0 aromatic heterocycles. The minimum Gasteiger partial charge on any atom is -0.444 e. The van der Waals surface area contributed by atoms with Gasteiger partial charge in [0.1, 0.15) is 29.3 Å². The highest BCUT2D eigenvalue weighted by atomic mass is 16.6. The van der Waals surface area contributed by atoms with Crippen LogP contribution in [0, 0.1) is 11.8 Å². The van der Waals surface area contributed by atoms with Crippen molar-refractivity contribution >= 4 is 29.6 Å². The Morgan fingerprint density at radius 2 is 1.20 bits per heavy atom. The lowest BCUT2D eigenvalue weighted by Gasteiger charge is -2.28. The Bertz CT molecular complexity index is 1450. The minimum atomic E-state index is -1.04. The van der Waals surface area contributed by atoms with E-state index in [1.807, 2.05) is 74.5 Å². The van der Waals surface area contributed by atoms with Crippen molar-refractivity contribution in [1.82, 2.24) is 21.3 Å². The summed E-state index contributed by atoms with van der Waals surface area (Å²) in [5, 5.41) is 11.4. The average molecular weight is 707 g/mol. The van der Waals surface area contributed by atoms with Gasteiger partial charge >= 0.3 is 6.09 Å². The fraction of sp³-hybridized carbons (Fsp3) is 0.575. The summed E-state index contributed by atoms with van der Waals surface area (Å²) in [5.41, 5.74) is 0.0950. The zero-order valence-electron chi connectivity index (χ0n) is 31.5. The maximum atomic E-state index is 14.0. The van der Waals surface area contributed by atoms with Crippen molar-refractivity contribution in [1.29, 1.82) is 0 Å². The van der Waals surface area contributed by atoms with Crippen LogP contribution in [-0.2, 0) is 41.5 Å². The summed E-state index contributed by atoms with van der Waals surface area (Å²) in [5.74, 6) is -1.47. The molecule has 5 atom stereocenters. The van der Waals surface area contributed by atoms with Gasteiger partial charge < -0.3 is 30.7 Å². The number of ketones is 1. The second-order valence-electron chi connectivity index (χ2n) is 15.6. The van der Waals surface area contributed by atoms with Crippen molar-refractivity contribution < 1.29 is 33.4 Å². The van der Waals surface area contributed by atoms with Crippen LogP contribution in [0.3, 0.4) is 0 Å². The number of alkyl carbamates (subject to hydrolysis) is 1.